The lowest BCUT2D eigenvalue weighted by Gasteiger charge is -2.66. The molecule has 5 rings (SSSR count). The van der Waals surface area contributed by atoms with Gasteiger partial charge in [-0.1, -0.05) is 6.92 Å². The SMILES string of the molecule is C[C@H](O)[C@@H](O)CO[C@H]1CC[C@]2(C)C3CC[C@@]4(C)[C@@H](CCCN4C(=O)[C@H]4CCCCO4)[C@@H]3CC[C@@]2(O)C1. The van der Waals surface area contributed by atoms with E-state index in [0.717, 1.165) is 70.8 Å². The van der Waals surface area contributed by atoms with Gasteiger partial charge in [-0.25, -0.2) is 0 Å². The fourth-order valence-electron chi connectivity index (χ4n) is 9.08. The number of piperidine rings is 1. The van der Waals surface area contributed by atoms with E-state index in [2.05, 4.69) is 18.7 Å². The van der Waals surface area contributed by atoms with Crippen LogP contribution in [-0.4, -0.2) is 81.4 Å². The fourth-order valence-corrected chi connectivity index (χ4v) is 9.08. The van der Waals surface area contributed by atoms with E-state index in [1.165, 1.54) is 6.42 Å². The Bertz CT molecular complexity index is 801. The van der Waals surface area contributed by atoms with Gasteiger partial charge >= 0.3 is 0 Å². The second-order valence-electron chi connectivity index (χ2n) is 13.3. The van der Waals surface area contributed by atoms with Crippen LogP contribution in [0.4, 0.5) is 0 Å². The zero-order chi connectivity index (χ0) is 25.7. The number of nitrogens with zero attached hydrogens (tertiary/aromatic N) is 1. The molecule has 2 saturated heterocycles. The number of hydrogen-bond acceptors (Lipinski definition) is 6. The third-order valence-electron chi connectivity index (χ3n) is 11.4. The summed E-state index contributed by atoms with van der Waals surface area (Å²) in [5.74, 6) is 1.69. The summed E-state index contributed by atoms with van der Waals surface area (Å²) in [4.78, 5) is 15.8. The molecule has 2 heterocycles. The molecule has 36 heavy (non-hydrogen) atoms. The maximum Gasteiger partial charge on any atom is 0.252 e. The Labute approximate surface area is 216 Å². The van der Waals surface area contributed by atoms with Gasteiger partial charge in [-0.3, -0.25) is 4.79 Å². The van der Waals surface area contributed by atoms with E-state index in [4.69, 9.17) is 9.47 Å². The second kappa shape index (κ2) is 10.1. The van der Waals surface area contributed by atoms with Gasteiger partial charge in [0.15, 0.2) is 0 Å². The van der Waals surface area contributed by atoms with Crippen molar-refractivity contribution in [3.8, 4) is 0 Å². The standard InChI is InChI=1S/C29H49NO6/c1-19(31)24(32)18-36-20-9-12-27(2)22-11-13-28(3)23(21(22)10-14-29(27,34)17-20)7-6-15-30(28)26(33)25-8-4-5-16-35-25/h19-25,31-32,34H,4-18H2,1-3H3/t19-,20-,21+,22?,23-,24-,25+,27+,28-,29+/m0/s1. The maximum absolute atomic E-state index is 13.6. The van der Waals surface area contributed by atoms with Gasteiger partial charge in [0.05, 0.1) is 24.4 Å². The minimum absolute atomic E-state index is 0.0832. The quantitative estimate of drug-likeness (QED) is 0.527. The van der Waals surface area contributed by atoms with Gasteiger partial charge in [0.25, 0.3) is 5.91 Å². The third-order valence-corrected chi connectivity index (χ3v) is 11.4. The molecule has 0 bridgehead atoms. The van der Waals surface area contributed by atoms with Crippen LogP contribution in [0.2, 0.25) is 0 Å². The summed E-state index contributed by atoms with van der Waals surface area (Å²) in [5.41, 5.74) is -1.03. The number of hydrogen-bond donors (Lipinski definition) is 3. The molecule has 1 unspecified atom stereocenters. The van der Waals surface area contributed by atoms with E-state index in [1.54, 1.807) is 6.92 Å². The summed E-state index contributed by atoms with van der Waals surface area (Å²) >= 11 is 0. The molecule has 5 fully saturated rings. The minimum atomic E-state index is -0.893. The van der Waals surface area contributed by atoms with Crippen molar-refractivity contribution in [2.75, 3.05) is 19.8 Å². The van der Waals surface area contributed by atoms with Crippen molar-refractivity contribution in [2.45, 2.75) is 133 Å². The number of likely N-dealkylation sites (tertiary alicyclic amines) is 1. The molecule has 206 valence electrons. The molecule has 0 spiro atoms. The molecule has 5 aliphatic rings. The minimum Gasteiger partial charge on any atom is -0.391 e. The number of carbonyl (C=O) groups excluding carboxylic acids is 1. The highest BCUT2D eigenvalue weighted by molar-refractivity contribution is 5.82. The average Bonchev–Trinajstić information content (AvgIpc) is 2.87. The predicted molar refractivity (Wildman–Crippen MR) is 136 cm³/mol. The lowest BCUT2D eigenvalue weighted by atomic mass is 9.43. The molecule has 3 N–H and O–H groups in total. The molecule has 7 heteroatoms. The molecule has 0 aromatic rings. The summed E-state index contributed by atoms with van der Waals surface area (Å²) in [6, 6.07) is 0. The van der Waals surface area contributed by atoms with E-state index >= 15 is 0 Å². The average molecular weight is 508 g/mol. The maximum atomic E-state index is 13.6. The van der Waals surface area contributed by atoms with Crippen LogP contribution in [-0.2, 0) is 14.3 Å². The number of fused-ring (bicyclic) bond motifs is 5. The topological polar surface area (TPSA) is 99.5 Å². The van der Waals surface area contributed by atoms with E-state index in [-0.39, 0.29) is 35.7 Å². The molecule has 7 nitrogen and oxygen atoms in total. The normalized spacial score (nSPS) is 46.7. The number of carbonyl (C=O) groups is 1. The van der Waals surface area contributed by atoms with Gasteiger partial charge < -0.3 is 29.7 Å². The Kier molecular flexibility index (Phi) is 7.54. The van der Waals surface area contributed by atoms with Gasteiger partial charge in [0.2, 0.25) is 0 Å². The van der Waals surface area contributed by atoms with Crippen LogP contribution in [0, 0.1) is 23.2 Å². The number of ether oxygens (including phenoxy) is 2. The highest BCUT2D eigenvalue weighted by atomic mass is 16.5. The number of rotatable bonds is 5. The van der Waals surface area contributed by atoms with Gasteiger partial charge in [0.1, 0.15) is 12.2 Å². The highest BCUT2D eigenvalue weighted by Crippen LogP contribution is 2.65. The van der Waals surface area contributed by atoms with Crippen molar-refractivity contribution in [2.24, 2.45) is 23.2 Å². The molecular weight excluding hydrogens is 458 g/mol. The van der Waals surface area contributed by atoms with Crippen molar-refractivity contribution >= 4 is 5.91 Å². The van der Waals surface area contributed by atoms with Crippen molar-refractivity contribution in [1.82, 2.24) is 4.90 Å². The summed E-state index contributed by atoms with van der Waals surface area (Å²) in [5, 5.41) is 31.6. The van der Waals surface area contributed by atoms with E-state index < -0.39 is 17.8 Å². The lowest BCUT2D eigenvalue weighted by Crippen LogP contribution is -2.68. The van der Waals surface area contributed by atoms with E-state index in [0.29, 0.717) is 30.8 Å². The molecule has 3 aliphatic carbocycles. The zero-order valence-electron chi connectivity index (χ0n) is 22.7. The number of amides is 1. The first-order valence-corrected chi connectivity index (χ1v) is 14.7. The zero-order valence-corrected chi connectivity index (χ0v) is 22.7. The molecule has 10 atom stereocenters. The monoisotopic (exact) mass is 507 g/mol. The predicted octanol–water partition coefficient (Wildman–Crippen LogP) is 3.42. The van der Waals surface area contributed by atoms with Gasteiger partial charge in [-0.15, -0.1) is 0 Å². The van der Waals surface area contributed by atoms with E-state index in [1.807, 2.05) is 0 Å². The number of aliphatic hydroxyl groups is 3. The molecule has 0 aromatic heterocycles. The molecule has 3 saturated carbocycles. The molecule has 0 radical (unpaired) electrons. The molecule has 0 aromatic carbocycles. The Morgan fingerprint density at radius 2 is 1.83 bits per heavy atom. The van der Waals surface area contributed by atoms with Gasteiger partial charge in [-0.05, 0) is 108 Å². The van der Waals surface area contributed by atoms with Crippen LogP contribution in [0.3, 0.4) is 0 Å². The molecule has 2 aliphatic heterocycles. The first kappa shape index (κ1) is 26.9. The largest absolute Gasteiger partial charge is 0.391 e. The summed E-state index contributed by atoms with van der Waals surface area (Å²) < 4.78 is 11.9. The highest BCUT2D eigenvalue weighted by Gasteiger charge is 2.64. The van der Waals surface area contributed by atoms with Crippen molar-refractivity contribution < 1.29 is 29.6 Å². The first-order chi connectivity index (χ1) is 17.1. The molecule has 1 amide bonds. The van der Waals surface area contributed by atoms with Crippen molar-refractivity contribution in [3.05, 3.63) is 0 Å². The van der Waals surface area contributed by atoms with Crippen LogP contribution in [0.25, 0.3) is 0 Å². The van der Waals surface area contributed by atoms with Crippen LogP contribution in [0.5, 0.6) is 0 Å². The first-order valence-electron chi connectivity index (χ1n) is 14.7. The Hall–Kier alpha value is -0.730. The van der Waals surface area contributed by atoms with Crippen LogP contribution in [0.1, 0.15) is 97.8 Å². The summed E-state index contributed by atoms with van der Waals surface area (Å²) in [6.07, 6.45) is 9.39. The van der Waals surface area contributed by atoms with Crippen LogP contribution in [0.15, 0.2) is 0 Å². The summed E-state index contributed by atoms with van der Waals surface area (Å²) in [7, 11) is 0. The Morgan fingerprint density at radius 1 is 1.03 bits per heavy atom. The van der Waals surface area contributed by atoms with Gasteiger partial charge in [0, 0.05) is 25.1 Å². The van der Waals surface area contributed by atoms with Crippen LogP contribution < -0.4 is 0 Å². The summed E-state index contributed by atoms with van der Waals surface area (Å²) in [6.45, 7) is 7.89. The number of aliphatic hydroxyl groups excluding tert-OH is 2. The lowest BCUT2D eigenvalue weighted by molar-refractivity contribution is -0.233. The van der Waals surface area contributed by atoms with E-state index in [9.17, 15) is 20.1 Å². The fraction of sp³-hybridized carbons (Fsp3) is 0.966. The Balaban J connectivity index is 1.30. The van der Waals surface area contributed by atoms with Gasteiger partial charge in [-0.2, -0.15) is 0 Å². The van der Waals surface area contributed by atoms with Crippen LogP contribution >= 0.6 is 0 Å². The molecular formula is C29H49NO6. The third kappa shape index (κ3) is 4.45. The smallest absolute Gasteiger partial charge is 0.252 e. The van der Waals surface area contributed by atoms with Crippen molar-refractivity contribution in [1.29, 1.82) is 0 Å². The Morgan fingerprint density at radius 3 is 2.56 bits per heavy atom. The second-order valence-corrected chi connectivity index (χ2v) is 13.3. The van der Waals surface area contributed by atoms with Crippen molar-refractivity contribution in [3.63, 3.8) is 0 Å².